The molecule has 0 aliphatic rings. The van der Waals surface area contributed by atoms with Gasteiger partial charge in [-0.3, -0.25) is 4.57 Å². The van der Waals surface area contributed by atoms with Crippen molar-refractivity contribution in [3.05, 3.63) is 24.3 Å². The van der Waals surface area contributed by atoms with Crippen LogP contribution >= 0.6 is 0 Å². The summed E-state index contributed by atoms with van der Waals surface area (Å²) in [6.45, 7) is 4.34. The predicted molar refractivity (Wildman–Crippen MR) is 61.3 cm³/mol. The number of fused-ring (bicyclic) bond motifs is 1. The van der Waals surface area contributed by atoms with Crippen molar-refractivity contribution >= 4 is 11.0 Å². The first kappa shape index (κ1) is 10.0. The van der Waals surface area contributed by atoms with Gasteiger partial charge < -0.3 is 4.74 Å². The van der Waals surface area contributed by atoms with Crippen LogP contribution in [0.25, 0.3) is 11.0 Å². The number of benzene rings is 1. The molecular formula is C12H16N2O. The number of para-hydroxylation sites is 2. The second-order valence-electron chi connectivity index (χ2n) is 3.71. The van der Waals surface area contributed by atoms with Crippen LogP contribution in [0.3, 0.4) is 0 Å². The van der Waals surface area contributed by atoms with Gasteiger partial charge in [0.25, 0.3) is 6.01 Å². The number of nitrogens with zero attached hydrogens (tertiary/aromatic N) is 2. The van der Waals surface area contributed by atoms with Crippen molar-refractivity contribution in [2.75, 3.05) is 7.11 Å². The van der Waals surface area contributed by atoms with Crippen LogP contribution < -0.4 is 4.74 Å². The van der Waals surface area contributed by atoms with Crippen molar-refractivity contribution < 1.29 is 4.74 Å². The first-order valence-corrected chi connectivity index (χ1v) is 5.29. The molecule has 0 aliphatic heterocycles. The molecule has 3 nitrogen and oxygen atoms in total. The Hall–Kier alpha value is -1.51. The van der Waals surface area contributed by atoms with E-state index in [1.807, 2.05) is 18.2 Å². The smallest absolute Gasteiger partial charge is 0.297 e. The van der Waals surface area contributed by atoms with Crippen LogP contribution in [0.2, 0.25) is 0 Å². The molecule has 1 aromatic carbocycles. The standard InChI is InChI=1S/C12H16N2O/c1-4-9(2)14-11-8-6-5-7-10(11)13-12(14)15-3/h5-9H,4H2,1-3H3. The average molecular weight is 204 g/mol. The maximum Gasteiger partial charge on any atom is 0.297 e. The van der Waals surface area contributed by atoms with Crippen molar-refractivity contribution in [1.82, 2.24) is 9.55 Å². The molecule has 0 saturated carbocycles. The van der Waals surface area contributed by atoms with Crippen molar-refractivity contribution in [3.8, 4) is 6.01 Å². The van der Waals surface area contributed by atoms with Gasteiger partial charge in [0.2, 0.25) is 0 Å². The quantitative estimate of drug-likeness (QED) is 0.768. The Bertz CT molecular complexity index is 462. The van der Waals surface area contributed by atoms with Crippen LogP contribution in [-0.4, -0.2) is 16.7 Å². The first-order chi connectivity index (χ1) is 7.27. The van der Waals surface area contributed by atoms with Crippen LogP contribution in [-0.2, 0) is 0 Å². The molecular weight excluding hydrogens is 188 g/mol. The third kappa shape index (κ3) is 1.58. The number of hydrogen-bond acceptors (Lipinski definition) is 2. The topological polar surface area (TPSA) is 27.1 Å². The van der Waals surface area contributed by atoms with Gasteiger partial charge in [-0.2, -0.15) is 4.98 Å². The van der Waals surface area contributed by atoms with Gasteiger partial charge >= 0.3 is 0 Å². The number of imidazole rings is 1. The Labute approximate surface area is 89.7 Å². The zero-order chi connectivity index (χ0) is 10.8. The van der Waals surface area contributed by atoms with E-state index >= 15 is 0 Å². The Kier molecular flexibility index (Phi) is 2.62. The molecule has 0 amide bonds. The molecule has 0 aliphatic carbocycles. The Balaban J connectivity index is 2.66. The van der Waals surface area contributed by atoms with Crippen LogP contribution in [0.1, 0.15) is 26.3 Å². The lowest BCUT2D eigenvalue weighted by Gasteiger charge is -2.14. The Morgan fingerprint density at radius 2 is 2.13 bits per heavy atom. The van der Waals surface area contributed by atoms with Crippen LogP contribution in [0, 0.1) is 0 Å². The maximum absolute atomic E-state index is 5.31. The largest absolute Gasteiger partial charge is 0.468 e. The SMILES string of the molecule is CCC(C)n1c(OC)nc2ccccc21. The summed E-state index contributed by atoms with van der Waals surface area (Å²) in [7, 11) is 1.67. The van der Waals surface area contributed by atoms with Gasteiger partial charge in [-0.15, -0.1) is 0 Å². The number of ether oxygens (including phenoxy) is 1. The highest BCUT2D eigenvalue weighted by molar-refractivity contribution is 5.76. The van der Waals surface area contributed by atoms with Crippen LogP contribution in [0.15, 0.2) is 24.3 Å². The third-order valence-corrected chi connectivity index (χ3v) is 2.78. The van der Waals surface area contributed by atoms with Crippen molar-refractivity contribution in [1.29, 1.82) is 0 Å². The van der Waals surface area contributed by atoms with Gasteiger partial charge in [0.15, 0.2) is 0 Å². The molecule has 1 heterocycles. The van der Waals surface area contributed by atoms with Crippen LogP contribution in [0.4, 0.5) is 0 Å². The van der Waals surface area contributed by atoms with E-state index in [2.05, 4.69) is 29.5 Å². The summed E-state index contributed by atoms with van der Waals surface area (Å²) < 4.78 is 7.45. The average Bonchev–Trinajstić information content (AvgIpc) is 2.66. The molecule has 0 radical (unpaired) electrons. The fraction of sp³-hybridized carbons (Fsp3) is 0.417. The van der Waals surface area contributed by atoms with E-state index in [-0.39, 0.29) is 0 Å². The lowest BCUT2D eigenvalue weighted by molar-refractivity contribution is 0.343. The second-order valence-corrected chi connectivity index (χ2v) is 3.71. The van der Waals surface area contributed by atoms with E-state index in [0.29, 0.717) is 12.1 Å². The molecule has 80 valence electrons. The predicted octanol–water partition coefficient (Wildman–Crippen LogP) is 3.02. The number of methoxy groups -OCH3 is 1. The van der Waals surface area contributed by atoms with Gasteiger partial charge in [0.05, 0.1) is 18.1 Å². The van der Waals surface area contributed by atoms with Gasteiger partial charge in [-0.05, 0) is 25.5 Å². The fourth-order valence-electron chi connectivity index (χ4n) is 1.77. The second kappa shape index (κ2) is 3.93. The van der Waals surface area contributed by atoms with Gasteiger partial charge in [0.1, 0.15) is 0 Å². The zero-order valence-corrected chi connectivity index (χ0v) is 9.40. The van der Waals surface area contributed by atoms with E-state index in [4.69, 9.17) is 4.74 Å². The minimum Gasteiger partial charge on any atom is -0.468 e. The molecule has 0 fully saturated rings. The summed E-state index contributed by atoms with van der Waals surface area (Å²) in [6.07, 6.45) is 1.07. The summed E-state index contributed by atoms with van der Waals surface area (Å²) in [5, 5.41) is 0. The fourth-order valence-corrected chi connectivity index (χ4v) is 1.77. The third-order valence-electron chi connectivity index (χ3n) is 2.78. The highest BCUT2D eigenvalue weighted by Gasteiger charge is 2.14. The summed E-state index contributed by atoms with van der Waals surface area (Å²) >= 11 is 0. The van der Waals surface area contributed by atoms with Gasteiger partial charge in [-0.1, -0.05) is 19.1 Å². The molecule has 15 heavy (non-hydrogen) atoms. The van der Waals surface area contributed by atoms with E-state index in [9.17, 15) is 0 Å². The van der Waals surface area contributed by atoms with Crippen molar-refractivity contribution in [2.45, 2.75) is 26.3 Å². The molecule has 1 unspecified atom stereocenters. The minimum absolute atomic E-state index is 0.410. The first-order valence-electron chi connectivity index (χ1n) is 5.29. The molecule has 3 heteroatoms. The summed E-state index contributed by atoms with van der Waals surface area (Å²) in [6, 6.07) is 9.23. The molecule has 2 aromatic rings. The lowest BCUT2D eigenvalue weighted by atomic mass is 10.2. The van der Waals surface area contributed by atoms with Gasteiger partial charge in [-0.25, -0.2) is 0 Å². The minimum atomic E-state index is 0.410. The molecule has 1 atom stereocenters. The number of hydrogen-bond donors (Lipinski definition) is 0. The Morgan fingerprint density at radius 1 is 1.40 bits per heavy atom. The lowest BCUT2D eigenvalue weighted by Crippen LogP contribution is -2.05. The van der Waals surface area contributed by atoms with E-state index in [1.165, 1.54) is 0 Å². The summed E-state index contributed by atoms with van der Waals surface area (Å²) in [4.78, 5) is 4.44. The highest BCUT2D eigenvalue weighted by atomic mass is 16.5. The van der Waals surface area contributed by atoms with E-state index in [1.54, 1.807) is 7.11 Å². The molecule has 0 saturated heterocycles. The summed E-state index contributed by atoms with van der Waals surface area (Å²) in [5.41, 5.74) is 2.14. The van der Waals surface area contributed by atoms with Crippen molar-refractivity contribution in [3.63, 3.8) is 0 Å². The molecule has 0 spiro atoms. The normalized spacial score (nSPS) is 13.0. The molecule has 2 rings (SSSR count). The van der Waals surface area contributed by atoms with E-state index in [0.717, 1.165) is 17.5 Å². The Morgan fingerprint density at radius 3 is 2.80 bits per heavy atom. The molecule has 0 N–H and O–H groups in total. The summed E-state index contributed by atoms with van der Waals surface area (Å²) in [5.74, 6) is 0. The molecule has 1 aromatic heterocycles. The van der Waals surface area contributed by atoms with Crippen molar-refractivity contribution in [2.24, 2.45) is 0 Å². The van der Waals surface area contributed by atoms with Gasteiger partial charge in [0, 0.05) is 6.04 Å². The highest BCUT2D eigenvalue weighted by Crippen LogP contribution is 2.26. The number of rotatable bonds is 3. The molecule has 0 bridgehead atoms. The monoisotopic (exact) mass is 204 g/mol. The van der Waals surface area contributed by atoms with Crippen LogP contribution in [0.5, 0.6) is 6.01 Å². The maximum atomic E-state index is 5.31. The number of aromatic nitrogens is 2. The van der Waals surface area contributed by atoms with E-state index < -0.39 is 0 Å². The zero-order valence-electron chi connectivity index (χ0n) is 9.40.